The average Bonchev–Trinajstić information content (AvgIpc) is 3.05. The Morgan fingerprint density at radius 2 is 2.21 bits per heavy atom. The van der Waals surface area contributed by atoms with Crippen molar-refractivity contribution in [2.75, 3.05) is 13.1 Å². The average molecular weight is 331 g/mol. The number of nitrogens with one attached hydrogen (secondary N) is 1. The van der Waals surface area contributed by atoms with Crippen LogP contribution in [0, 0.1) is 17.2 Å². The van der Waals surface area contributed by atoms with Gasteiger partial charge < -0.3 is 10.2 Å². The van der Waals surface area contributed by atoms with Crippen molar-refractivity contribution in [3.05, 3.63) is 29.8 Å². The molecular weight excluding hydrogens is 309 g/mol. The number of amides is 2. The SMILES string of the molecule is O=C(NC1CCC1)[C@H]1C[C@]12CCN(C(=O)Cc1ccc(F)cn1)C2. The zero-order chi connectivity index (χ0) is 16.7. The van der Waals surface area contributed by atoms with Gasteiger partial charge in [-0.3, -0.25) is 14.6 Å². The standard InChI is InChI=1S/C18H22FN3O2/c19-12-4-5-14(20-10-12)8-16(23)22-7-6-18(11-22)9-15(18)17(24)21-13-2-1-3-13/h4-5,10,13,15H,1-3,6-9,11H2,(H,21,24)/t15-,18+/m1/s1. The number of hydrogen-bond acceptors (Lipinski definition) is 3. The largest absolute Gasteiger partial charge is 0.353 e. The van der Waals surface area contributed by atoms with E-state index in [2.05, 4.69) is 10.3 Å². The molecule has 1 aromatic rings. The molecule has 0 bridgehead atoms. The van der Waals surface area contributed by atoms with E-state index in [1.807, 2.05) is 4.90 Å². The first kappa shape index (κ1) is 15.5. The molecule has 2 aliphatic carbocycles. The summed E-state index contributed by atoms with van der Waals surface area (Å²) in [5.41, 5.74) is 0.581. The van der Waals surface area contributed by atoms with Crippen LogP contribution in [0.4, 0.5) is 4.39 Å². The van der Waals surface area contributed by atoms with Gasteiger partial charge in [0.2, 0.25) is 11.8 Å². The van der Waals surface area contributed by atoms with Gasteiger partial charge >= 0.3 is 0 Å². The maximum atomic E-state index is 12.9. The number of rotatable bonds is 4. The van der Waals surface area contributed by atoms with Crippen molar-refractivity contribution in [2.24, 2.45) is 11.3 Å². The highest BCUT2D eigenvalue weighted by molar-refractivity contribution is 5.84. The van der Waals surface area contributed by atoms with Gasteiger partial charge in [-0.1, -0.05) is 0 Å². The lowest BCUT2D eigenvalue weighted by molar-refractivity contribution is -0.130. The number of halogens is 1. The minimum absolute atomic E-state index is 0.000283. The number of pyridine rings is 1. The third-order valence-electron chi connectivity index (χ3n) is 5.82. The van der Waals surface area contributed by atoms with Crippen molar-refractivity contribution in [3.8, 4) is 0 Å². The Labute approximate surface area is 140 Å². The highest BCUT2D eigenvalue weighted by Gasteiger charge is 2.61. The second-order valence-electron chi connectivity index (χ2n) is 7.47. The van der Waals surface area contributed by atoms with Crippen molar-refractivity contribution >= 4 is 11.8 Å². The zero-order valence-corrected chi connectivity index (χ0v) is 13.6. The molecule has 0 radical (unpaired) electrons. The van der Waals surface area contributed by atoms with E-state index >= 15 is 0 Å². The summed E-state index contributed by atoms with van der Waals surface area (Å²) in [6.45, 7) is 1.36. The number of carbonyl (C=O) groups excluding carboxylic acids is 2. The summed E-state index contributed by atoms with van der Waals surface area (Å²) in [6, 6.07) is 3.24. The van der Waals surface area contributed by atoms with E-state index in [4.69, 9.17) is 0 Å². The van der Waals surface area contributed by atoms with Crippen LogP contribution in [0.15, 0.2) is 18.3 Å². The second-order valence-corrected chi connectivity index (χ2v) is 7.47. The van der Waals surface area contributed by atoms with Crippen molar-refractivity contribution in [3.63, 3.8) is 0 Å². The second kappa shape index (κ2) is 5.83. The Morgan fingerprint density at radius 3 is 2.88 bits per heavy atom. The summed E-state index contributed by atoms with van der Waals surface area (Å²) in [5.74, 6) is -0.144. The smallest absolute Gasteiger partial charge is 0.228 e. The lowest BCUT2D eigenvalue weighted by Gasteiger charge is -2.26. The lowest BCUT2D eigenvalue weighted by Crippen LogP contribution is -2.41. The number of aromatic nitrogens is 1. The molecule has 0 aromatic carbocycles. The third-order valence-corrected chi connectivity index (χ3v) is 5.82. The van der Waals surface area contributed by atoms with Gasteiger partial charge in [0.15, 0.2) is 0 Å². The molecule has 4 rings (SSSR count). The molecule has 2 amide bonds. The van der Waals surface area contributed by atoms with E-state index in [1.54, 1.807) is 6.07 Å². The van der Waals surface area contributed by atoms with Crippen LogP contribution in [-0.2, 0) is 16.0 Å². The van der Waals surface area contributed by atoms with Crippen molar-refractivity contribution in [2.45, 2.75) is 44.6 Å². The summed E-state index contributed by atoms with van der Waals surface area (Å²) >= 11 is 0. The van der Waals surface area contributed by atoms with E-state index < -0.39 is 5.82 Å². The van der Waals surface area contributed by atoms with Gasteiger partial charge in [-0.15, -0.1) is 0 Å². The molecule has 24 heavy (non-hydrogen) atoms. The van der Waals surface area contributed by atoms with Crippen LogP contribution in [-0.4, -0.2) is 40.8 Å². The summed E-state index contributed by atoms with van der Waals surface area (Å²) in [6.07, 6.45) is 6.52. The fourth-order valence-electron chi connectivity index (χ4n) is 3.91. The van der Waals surface area contributed by atoms with Gasteiger partial charge in [-0.05, 0) is 44.2 Å². The molecule has 3 fully saturated rings. The van der Waals surface area contributed by atoms with E-state index in [-0.39, 0.29) is 29.6 Å². The van der Waals surface area contributed by atoms with Crippen LogP contribution < -0.4 is 5.32 Å². The molecule has 5 nitrogen and oxygen atoms in total. The first-order chi connectivity index (χ1) is 11.6. The Hall–Kier alpha value is -1.98. The van der Waals surface area contributed by atoms with E-state index in [0.717, 1.165) is 31.9 Å². The van der Waals surface area contributed by atoms with Crippen LogP contribution in [0.1, 0.15) is 37.8 Å². The van der Waals surface area contributed by atoms with Gasteiger partial charge in [0, 0.05) is 36.2 Å². The molecule has 0 unspecified atom stereocenters. The topological polar surface area (TPSA) is 62.3 Å². The number of likely N-dealkylation sites (tertiary alicyclic amines) is 1. The first-order valence-corrected chi connectivity index (χ1v) is 8.74. The summed E-state index contributed by atoms with van der Waals surface area (Å²) in [4.78, 5) is 30.5. The fourth-order valence-corrected chi connectivity index (χ4v) is 3.91. The number of carbonyl (C=O) groups is 2. The van der Waals surface area contributed by atoms with E-state index in [9.17, 15) is 14.0 Å². The molecule has 2 heterocycles. The first-order valence-electron chi connectivity index (χ1n) is 8.74. The summed E-state index contributed by atoms with van der Waals surface area (Å²) in [7, 11) is 0. The highest BCUT2D eigenvalue weighted by Crippen LogP contribution is 2.58. The maximum Gasteiger partial charge on any atom is 0.228 e. The van der Waals surface area contributed by atoms with Crippen molar-refractivity contribution in [1.82, 2.24) is 15.2 Å². The van der Waals surface area contributed by atoms with E-state index in [1.165, 1.54) is 12.5 Å². The molecule has 1 aliphatic heterocycles. The van der Waals surface area contributed by atoms with Crippen molar-refractivity contribution < 1.29 is 14.0 Å². The number of hydrogen-bond donors (Lipinski definition) is 1. The normalized spacial score (nSPS) is 28.7. The molecule has 1 spiro atoms. The lowest BCUT2D eigenvalue weighted by atomic mass is 9.92. The Morgan fingerprint density at radius 1 is 1.38 bits per heavy atom. The zero-order valence-electron chi connectivity index (χ0n) is 13.6. The molecule has 1 saturated heterocycles. The number of nitrogens with zero attached hydrogens (tertiary/aromatic N) is 2. The quantitative estimate of drug-likeness (QED) is 0.913. The molecule has 2 atom stereocenters. The van der Waals surface area contributed by atoms with Gasteiger partial charge in [-0.25, -0.2) is 4.39 Å². The van der Waals surface area contributed by atoms with Gasteiger partial charge in [0.05, 0.1) is 12.6 Å². The Bertz CT molecular complexity index is 659. The molecule has 1 N–H and O–H groups in total. The van der Waals surface area contributed by atoms with Gasteiger partial charge in [0.25, 0.3) is 0 Å². The van der Waals surface area contributed by atoms with E-state index in [0.29, 0.717) is 24.8 Å². The summed E-state index contributed by atoms with van der Waals surface area (Å²) in [5, 5.41) is 3.13. The minimum atomic E-state index is -0.398. The Balaban J connectivity index is 1.31. The van der Waals surface area contributed by atoms with Gasteiger partial charge in [0.1, 0.15) is 5.82 Å². The molecule has 3 aliphatic rings. The fraction of sp³-hybridized carbons (Fsp3) is 0.611. The minimum Gasteiger partial charge on any atom is -0.353 e. The van der Waals surface area contributed by atoms with Crippen molar-refractivity contribution in [1.29, 1.82) is 0 Å². The van der Waals surface area contributed by atoms with Gasteiger partial charge in [-0.2, -0.15) is 0 Å². The monoisotopic (exact) mass is 331 g/mol. The Kier molecular flexibility index (Phi) is 3.77. The molecule has 2 saturated carbocycles. The van der Waals surface area contributed by atoms with Crippen LogP contribution in [0.2, 0.25) is 0 Å². The molecular formula is C18H22FN3O2. The van der Waals surface area contributed by atoms with Crippen LogP contribution in [0.3, 0.4) is 0 Å². The molecule has 1 aromatic heterocycles. The van der Waals surface area contributed by atoms with Crippen LogP contribution in [0.25, 0.3) is 0 Å². The predicted molar refractivity (Wildman–Crippen MR) is 85.4 cm³/mol. The third kappa shape index (κ3) is 2.89. The molecule has 6 heteroatoms. The van der Waals surface area contributed by atoms with Crippen LogP contribution in [0.5, 0.6) is 0 Å². The highest BCUT2D eigenvalue weighted by atomic mass is 19.1. The van der Waals surface area contributed by atoms with Crippen LogP contribution >= 0.6 is 0 Å². The summed E-state index contributed by atoms with van der Waals surface area (Å²) < 4.78 is 12.9. The maximum absolute atomic E-state index is 12.9. The molecule has 128 valence electrons. The predicted octanol–water partition coefficient (Wildman–Crippen LogP) is 1.67.